The van der Waals surface area contributed by atoms with E-state index in [1.807, 2.05) is 47.1 Å². The number of hydrogen-bond acceptors (Lipinski definition) is 12. The lowest BCUT2D eigenvalue weighted by Gasteiger charge is -2.36. The molecule has 2 saturated heterocycles. The number of nitrogens with two attached hydrogens (primary N) is 1. The quantitative estimate of drug-likeness (QED) is 0.133. The number of anilines is 2. The molecule has 2 aromatic carbocycles. The van der Waals surface area contributed by atoms with E-state index in [1.165, 1.54) is 47.9 Å². The van der Waals surface area contributed by atoms with Gasteiger partial charge in [0.2, 0.25) is 17.7 Å². The minimum atomic E-state index is -0.268. The Kier molecular flexibility index (Phi) is 22.0. The number of halogens is 2. The topological polar surface area (TPSA) is 233 Å². The highest BCUT2D eigenvalue weighted by molar-refractivity contribution is 7.81. The first-order valence-corrected chi connectivity index (χ1v) is 24.6. The molecular formula is C46H66Cl2N10O6S2. The molecule has 2 aliphatic heterocycles. The van der Waals surface area contributed by atoms with Crippen molar-refractivity contribution < 1.29 is 24.7 Å². The van der Waals surface area contributed by atoms with Gasteiger partial charge in [-0.1, -0.05) is 79.9 Å². The molecule has 0 bridgehead atoms. The van der Waals surface area contributed by atoms with Crippen LogP contribution in [0.4, 0.5) is 11.4 Å². The highest BCUT2D eigenvalue weighted by atomic mass is 35.5. The Balaban J connectivity index is 0.000000256. The average molecular weight is 990 g/mol. The van der Waals surface area contributed by atoms with Crippen LogP contribution >= 0.6 is 47.2 Å². The Labute approximate surface area is 406 Å². The Morgan fingerprint density at radius 2 is 1.30 bits per heavy atom. The number of piperazine rings is 2. The highest BCUT2D eigenvalue weighted by Gasteiger charge is 2.28. The standard InChI is InChI=1S/C26H31N5O3S.C12H14Cl2N2OS.C8H16N2O.H3N.H2O/c1-18-22-24(27-17-31(25(22)33)16-21(32)28-19-8-4-2-5-9-19)35-23(18)26(34)30-14-12-29(13-15-30)20-10-6-3-7-11-20;13-10-2-1-9(7-11(10)14)15-3-5-16(6-4-15)12(17)8-18;9-6-8(11)10-7-4-2-1-3-5-7;;/h3,6-7,10-11,17,19H,2,4-5,8-9,12-16H2,1H3,(H,28,32);1-2,7,18H,3-6,8H2;7H,1-6,9H2,(H,10,11);1H3;1H2. The summed E-state index contributed by atoms with van der Waals surface area (Å²) < 4.78 is 1.35. The number of hydrogen-bond donors (Lipinski definition) is 5. The molecule has 0 unspecified atom stereocenters. The zero-order valence-corrected chi connectivity index (χ0v) is 41.0. The minimum Gasteiger partial charge on any atom is -0.412 e. The second kappa shape index (κ2) is 26.8. The minimum absolute atomic E-state index is 0. The van der Waals surface area contributed by atoms with Crippen LogP contribution in [-0.4, -0.2) is 125 Å². The van der Waals surface area contributed by atoms with Gasteiger partial charge in [0.05, 0.1) is 38.9 Å². The van der Waals surface area contributed by atoms with E-state index < -0.39 is 0 Å². The lowest BCUT2D eigenvalue weighted by molar-refractivity contribution is -0.128. The third-order valence-electron chi connectivity index (χ3n) is 12.3. The Morgan fingerprint density at radius 1 is 0.758 bits per heavy atom. The Bertz CT molecular complexity index is 2260. The van der Waals surface area contributed by atoms with Crippen molar-refractivity contribution >= 4 is 92.4 Å². The number of para-hydroxylation sites is 1. The van der Waals surface area contributed by atoms with Crippen LogP contribution in [0.5, 0.6) is 0 Å². The van der Waals surface area contributed by atoms with Crippen molar-refractivity contribution in [3.63, 3.8) is 0 Å². The molecule has 4 amide bonds. The van der Waals surface area contributed by atoms with Gasteiger partial charge in [-0.3, -0.25) is 28.5 Å². The zero-order valence-electron chi connectivity index (χ0n) is 37.8. The summed E-state index contributed by atoms with van der Waals surface area (Å²) in [5.74, 6) is 0.121. The first-order chi connectivity index (χ1) is 30.9. The fourth-order valence-corrected chi connectivity index (χ4v) is 10.2. The average Bonchev–Trinajstić information content (AvgIpc) is 3.68. The van der Waals surface area contributed by atoms with Crippen LogP contribution in [0.15, 0.2) is 59.7 Å². The van der Waals surface area contributed by atoms with Crippen LogP contribution in [0.1, 0.15) is 79.4 Å². The molecule has 4 heterocycles. The van der Waals surface area contributed by atoms with Crippen LogP contribution in [0.3, 0.4) is 0 Å². The Morgan fingerprint density at radius 3 is 1.85 bits per heavy atom. The van der Waals surface area contributed by atoms with Crippen molar-refractivity contribution in [1.29, 1.82) is 0 Å². The molecule has 9 N–H and O–H groups in total. The van der Waals surface area contributed by atoms with Crippen molar-refractivity contribution in [3.8, 4) is 0 Å². The van der Waals surface area contributed by atoms with Gasteiger partial charge in [-0.2, -0.15) is 12.6 Å². The summed E-state index contributed by atoms with van der Waals surface area (Å²) in [5, 5.41) is 7.51. The monoisotopic (exact) mass is 988 g/mol. The van der Waals surface area contributed by atoms with E-state index in [0.29, 0.717) is 49.8 Å². The summed E-state index contributed by atoms with van der Waals surface area (Å²) in [7, 11) is 0. The van der Waals surface area contributed by atoms with Crippen molar-refractivity contribution in [3.05, 3.63) is 85.7 Å². The number of carbonyl (C=O) groups excluding carboxylic acids is 4. The third kappa shape index (κ3) is 14.8. The fourth-order valence-electron chi connectivity index (χ4n) is 8.63. The van der Waals surface area contributed by atoms with Crippen molar-refractivity contribution in [2.45, 2.75) is 89.8 Å². The molecule has 0 radical (unpaired) electrons. The number of nitrogens with zero attached hydrogens (tertiary/aromatic N) is 6. The number of thiol groups is 1. The maximum atomic E-state index is 13.3. The second-order valence-electron chi connectivity index (χ2n) is 16.7. The van der Waals surface area contributed by atoms with Gasteiger partial charge in [0.25, 0.3) is 11.5 Å². The third-order valence-corrected chi connectivity index (χ3v) is 14.5. The van der Waals surface area contributed by atoms with Crippen LogP contribution in [0.2, 0.25) is 10.0 Å². The largest absolute Gasteiger partial charge is 0.412 e. The summed E-state index contributed by atoms with van der Waals surface area (Å²) in [6, 6.07) is 16.4. The van der Waals surface area contributed by atoms with E-state index in [-0.39, 0.29) is 65.7 Å². The molecule has 66 heavy (non-hydrogen) atoms. The molecule has 20 heteroatoms. The maximum absolute atomic E-state index is 13.3. The lowest BCUT2D eigenvalue weighted by atomic mass is 9.95. The summed E-state index contributed by atoms with van der Waals surface area (Å²) in [5.41, 5.74) is 7.77. The van der Waals surface area contributed by atoms with Gasteiger partial charge < -0.3 is 47.6 Å². The number of fused-ring (bicyclic) bond motifs is 1. The summed E-state index contributed by atoms with van der Waals surface area (Å²) in [6.45, 7) is 7.70. The number of nitrogens with one attached hydrogen (secondary N) is 2. The molecule has 8 rings (SSSR count). The summed E-state index contributed by atoms with van der Waals surface area (Å²) in [6.07, 6.45) is 13.0. The molecule has 2 aliphatic carbocycles. The van der Waals surface area contributed by atoms with E-state index in [2.05, 4.69) is 50.2 Å². The van der Waals surface area contributed by atoms with E-state index in [4.69, 9.17) is 28.9 Å². The molecule has 4 aliphatic rings. The molecule has 2 saturated carbocycles. The molecule has 16 nitrogen and oxygen atoms in total. The van der Waals surface area contributed by atoms with Crippen LogP contribution in [0, 0.1) is 6.92 Å². The fraction of sp³-hybridized carbons (Fsp3) is 0.522. The normalized spacial score (nSPS) is 16.7. The molecule has 0 spiro atoms. The number of aryl methyl sites for hydroxylation is 1. The summed E-state index contributed by atoms with van der Waals surface area (Å²) >= 11 is 17.2. The number of carbonyl (C=O) groups is 4. The number of rotatable bonds is 9. The smallest absolute Gasteiger partial charge is 0.264 e. The van der Waals surface area contributed by atoms with Gasteiger partial charge in [-0.25, -0.2) is 4.98 Å². The predicted molar refractivity (Wildman–Crippen MR) is 270 cm³/mol. The second-order valence-corrected chi connectivity index (χ2v) is 18.8. The molecule has 2 aromatic heterocycles. The molecule has 362 valence electrons. The molecule has 0 atom stereocenters. The number of amides is 4. The summed E-state index contributed by atoms with van der Waals surface area (Å²) in [4.78, 5) is 75.1. The van der Waals surface area contributed by atoms with Crippen LogP contribution < -0.4 is 37.9 Å². The SMILES string of the molecule is Cc1c(C(=O)N2CCN(c3ccccc3)CC2)sc2ncn(CC(=O)NC3CCCCC3)c(=O)c12.N.NCC(=O)NC1CCCCC1.O.O=C(CS)N1CCN(c2ccc(Cl)c(Cl)c2)CC1. The van der Waals surface area contributed by atoms with Crippen molar-refractivity contribution in [2.75, 3.05) is 74.5 Å². The van der Waals surface area contributed by atoms with Gasteiger partial charge in [0.1, 0.15) is 11.4 Å². The predicted octanol–water partition coefficient (Wildman–Crippen LogP) is 5.48. The van der Waals surface area contributed by atoms with Gasteiger partial charge in [-0.15, -0.1) is 11.3 Å². The van der Waals surface area contributed by atoms with E-state index in [0.717, 1.165) is 89.2 Å². The first-order valence-electron chi connectivity index (χ1n) is 22.4. The molecular weight excluding hydrogens is 924 g/mol. The zero-order chi connectivity index (χ0) is 45.6. The highest BCUT2D eigenvalue weighted by Crippen LogP contribution is 2.30. The van der Waals surface area contributed by atoms with E-state index in [1.54, 1.807) is 6.07 Å². The van der Waals surface area contributed by atoms with E-state index >= 15 is 0 Å². The molecule has 4 fully saturated rings. The van der Waals surface area contributed by atoms with Gasteiger partial charge in [0.15, 0.2) is 0 Å². The maximum Gasteiger partial charge on any atom is 0.264 e. The van der Waals surface area contributed by atoms with Crippen LogP contribution in [0.25, 0.3) is 10.2 Å². The first kappa shape index (κ1) is 54.2. The van der Waals surface area contributed by atoms with Crippen molar-refractivity contribution in [1.82, 2.24) is 36.1 Å². The lowest BCUT2D eigenvalue weighted by Crippen LogP contribution is -2.49. The molecule has 4 aromatic rings. The van der Waals surface area contributed by atoms with Crippen molar-refractivity contribution in [2.24, 2.45) is 5.73 Å². The number of thiophene rings is 1. The van der Waals surface area contributed by atoms with Gasteiger partial charge >= 0.3 is 0 Å². The van der Waals surface area contributed by atoms with Gasteiger partial charge in [-0.05, 0) is 68.5 Å². The number of benzene rings is 2. The Hall–Kier alpha value is -4.43. The van der Waals surface area contributed by atoms with E-state index in [9.17, 15) is 24.0 Å². The number of aromatic nitrogens is 2. The van der Waals surface area contributed by atoms with Gasteiger partial charge in [0, 0.05) is 75.8 Å². The van der Waals surface area contributed by atoms with Crippen LogP contribution in [-0.2, 0) is 20.9 Å².